The van der Waals surface area contributed by atoms with E-state index in [0.29, 0.717) is 0 Å². The minimum atomic E-state index is -1.41. The van der Waals surface area contributed by atoms with Gasteiger partial charge in [-0.2, -0.15) is 0 Å². The minimum Gasteiger partial charge on any atom is -0.387 e. The Morgan fingerprint density at radius 1 is 1.00 bits per heavy atom. The van der Waals surface area contributed by atoms with Gasteiger partial charge in [-0.25, -0.2) is 0 Å². The molecule has 3 atom stereocenters. The molecular formula is C22H28O5. The molecule has 0 bridgehead atoms. The lowest BCUT2D eigenvalue weighted by molar-refractivity contribution is -0.161. The van der Waals surface area contributed by atoms with Gasteiger partial charge < -0.3 is 24.5 Å². The lowest BCUT2D eigenvalue weighted by atomic mass is 10.0. The fourth-order valence-corrected chi connectivity index (χ4v) is 2.76. The number of carbonyl (C=O) groups is 1. The molecule has 0 saturated carbocycles. The molecule has 3 rings (SSSR count). The Hall–Kier alpha value is -2.05. The molecule has 0 spiro atoms. The Morgan fingerprint density at radius 2 is 1.48 bits per heavy atom. The second kappa shape index (κ2) is 10.3. The van der Waals surface area contributed by atoms with E-state index in [-0.39, 0.29) is 12.9 Å². The molecule has 1 fully saturated rings. The highest BCUT2D eigenvalue weighted by Gasteiger charge is 2.39. The van der Waals surface area contributed by atoms with E-state index >= 15 is 0 Å². The highest BCUT2D eigenvalue weighted by molar-refractivity contribution is 5.56. The van der Waals surface area contributed by atoms with Gasteiger partial charge in [0.1, 0.15) is 18.3 Å². The van der Waals surface area contributed by atoms with Crippen molar-refractivity contribution in [2.45, 2.75) is 50.8 Å². The van der Waals surface area contributed by atoms with E-state index < -0.39 is 24.1 Å². The van der Waals surface area contributed by atoms with Crippen LogP contribution in [0, 0.1) is 0 Å². The Morgan fingerprint density at radius 3 is 1.85 bits per heavy atom. The molecule has 146 valence electrons. The van der Waals surface area contributed by atoms with E-state index in [1.807, 2.05) is 0 Å². The molecule has 0 amide bonds. The van der Waals surface area contributed by atoms with Gasteiger partial charge in [0, 0.05) is 0 Å². The van der Waals surface area contributed by atoms with Crippen LogP contribution >= 0.6 is 0 Å². The van der Waals surface area contributed by atoms with Gasteiger partial charge in [-0.15, -0.1) is 0 Å². The molecule has 27 heavy (non-hydrogen) atoms. The molecule has 0 radical (unpaired) electrons. The number of hydrogen-bond donors (Lipinski definition) is 2. The summed E-state index contributed by atoms with van der Waals surface area (Å²) in [6.45, 7) is 3.58. The van der Waals surface area contributed by atoms with Gasteiger partial charge in [0.15, 0.2) is 12.1 Å². The predicted octanol–water partition coefficient (Wildman–Crippen LogP) is 2.53. The molecule has 1 aliphatic rings. The average molecular weight is 372 g/mol. The number of hydrogen-bond acceptors (Lipinski definition) is 5. The summed E-state index contributed by atoms with van der Waals surface area (Å²) in [5.74, 6) is -0.756. The summed E-state index contributed by atoms with van der Waals surface area (Å²) in [6.07, 6.45) is -0.744. The van der Waals surface area contributed by atoms with Gasteiger partial charge >= 0.3 is 0 Å². The van der Waals surface area contributed by atoms with Gasteiger partial charge in [0.2, 0.25) is 0 Å². The number of carbonyl (C=O) groups excluding carboxylic acids is 1. The van der Waals surface area contributed by atoms with Crippen LogP contribution < -0.4 is 0 Å². The summed E-state index contributed by atoms with van der Waals surface area (Å²) in [7, 11) is 0. The fraction of sp³-hybridized carbons (Fsp3) is 0.409. The molecule has 0 aliphatic carbocycles. The molecule has 1 aliphatic heterocycles. The maximum Gasteiger partial charge on any atom is 0.163 e. The Kier molecular flexibility index (Phi) is 8.13. The highest BCUT2D eigenvalue weighted by atomic mass is 16.7. The van der Waals surface area contributed by atoms with E-state index in [1.54, 1.807) is 13.8 Å². The molecule has 0 unspecified atom stereocenters. The Labute approximate surface area is 160 Å². The highest BCUT2D eigenvalue weighted by Crippen LogP contribution is 2.24. The first kappa shape index (κ1) is 21.3. The minimum absolute atomic E-state index is 0.180. The smallest absolute Gasteiger partial charge is 0.163 e. The zero-order valence-corrected chi connectivity index (χ0v) is 15.8. The van der Waals surface area contributed by atoms with E-state index in [4.69, 9.17) is 14.6 Å². The quantitative estimate of drug-likeness (QED) is 0.762. The van der Waals surface area contributed by atoms with E-state index in [2.05, 4.69) is 60.7 Å². The van der Waals surface area contributed by atoms with Crippen LogP contribution in [0.15, 0.2) is 60.7 Å². The van der Waals surface area contributed by atoms with Crippen molar-refractivity contribution in [1.29, 1.82) is 0 Å². The first-order valence-corrected chi connectivity index (χ1v) is 9.12. The second-order valence-electron chi connectivity index (χ2n) is 6.96. The van der Waals surface area contributed by atoms with Crippen LogP contribution in [-0.2, 0) is 27.1 Å². The van der Waals surface area contributed by atoms with E-state index in [0.717, 1.165) is 12.8 Å². The normalized spacial score (nSPS) is 20.2. The first-order chi connectivity index (χ1) is 12.9. The monoisotopic (exact) mass is 372 g/mol. The summed E-state index contributed by atoms with van der Waals surface area (Å²) in [4.78, 5) is 10.2. The number of aliphatic hydroxyl groups is 2. The van der Waals surface area contributed by atoms with Gasteiger partial charge in [0.05, 0.1) is 6.61 Å². The molecular weight excluding hydrogens is 344 g/mol. The number of benzene rings is 2. The lowest BCUT2D eigenvalue weighted by Crippen LogP contribution is -2.40. The van der Waals surface area contributed by atoms with Crippen molar-refractivity contribution in [3.8, 4) is 0 Å². The molecule has 0 aromatic heterocycles. The van der Waals surface area contributed by atoms with Crippen LogP contribution in [-0.4, -0.2) is 47.2 Å². The zero-order valence-electron chi connectivity index (χ0n) is 15.8. The number of aldehydes is 1. The molecule has 2 aromatic rings. The summed E-state index contributed by atoms with van der Waals surface area (Å²) < 4.78 is 10.4. The largest absolute Gasteiger partial charge is 0.387 e. The molecule has 2 N–H and O–H groups in total. The van der Waals surface area contributed by atoms with Crippen LogP contribution in [0.1, 0.15) is 25.0 Å². The third-order valence-corrected chi connectivity index (χ3v) is 4.29. The molecule has 5 nitrogen and oxygen atoms in total. The predicted molar refractivity (Wildman–Crippen MR) is 103 cm³/mol. The third-order valence-electron chi connectivity index (χ3n) is 4.29. The fourth-order valence-electron chi connectivity index (χ4n) is 2.76. The van der Waals surface area contributed by atoms with Crippen molar-refractivity contribution in [3.63, 3.8) is 0 Å². The molecule has 2 aromatic carbocycles. The van der Waals surface area contributed by atoms with Gasteiger partial charge in [-0.05, 0) is 37.8 Å². The number of aryl methyl sites for hydroxylation is 2. The Balaban J connectivity index is 0.000000194. The molecule has 5 heteroatoms. The SMILES string of the molecule is CC1(C)OC[C@@H]([C@H](O)[C@@H](O)C=O)O1.c1ccc(CCc2ccccc2)cc1. The first-order valence-electron chi connectivity index (χ1n) is 9.12. The van der Waals surface area contributed by atoms with Crippen molar-refractivity contribution in [2.24, 2.45) is 0 Å². The van der Waals surface area contributed by atoms with Crippen molar-refractivity contribution < 1.29 is 24.5 Å². The zero-order chi connectivity index (χ0) is 19.7. The summed E-state index contributed by atoms with van der Waals surface area (Å²) >= 11 is 0. The van der Waals surface area contributed by atoms with Crippen LogP contribution in [0.25, 0.3) is 0 Å². The van der Waals surface area contributed by atoms with Gasteiger partial charge in [-0.1, -0.05) is 60.7 Å². The van der Waals surface area contributed by atoms with Crippen LogP contribution in [0.5, 0.6) is 0 Å². The third kappa shape index (κ3) is 7.23. The topological polar surface area (TPSA) is 76.0 Å². The van der Waals surface area contributed by atoms with Crippen LogP contribution in [0.2, 0.25) is 0 Å². The maximum atomic E-state index is 10.2. The lowest BCUT2D eigenvalue weighted by Gasteiger charge is -2.21. The van der Waals surface area contributed by atoms with E-state index in [9.17, 15) is 9.90 Å². The molecule has 1 heterocycles. The standard InChI is InChI=1S/C14H14.C8H14O5/c1-3-7-13(8-4-1)11-12-14-9-5-2-6-10-14;1-8(2)12-4-6(13-8)7(11)5(10)3-9/h1-10H,11-12H2;3,5-7,10-11H,4H2,1-2H3/t;5-,6-,7+/m.0/s1. The number of ether oxygens (including phenoxy) is 2. The van der Waals surface area contributed by atoms with Crippen molar-refractivity contribution in [2.75, 3.05) is 6.61 Å². The molecule has 1 saturated heterocycles. The number of aliphatic hydroxyl groups excluding tert-OH is 2. The summed E-state index contributed by atoms with van der Waals surface area (Å²) in [6, 6.07) is 21.2. The number of rotatable bonds is 6. The van der Waals surface area contributed by atoms with Crippen molar-refractivity contribution in [3.05, 3.63) is 71.8 Å². The van der Waals surface area contributed by atoms with Crippen molar-refractivity contribution >= 4 is 6.29 Å². The van der Waals surface area contributed by atoms with Crippen molar-refractivity contribution in [1.82, 2.24) is 0 Å². The maximum absolute atomic E-state index is 10.2. The average Bonchev–Trinajstić information content (AvgIpc) is 3.07. The van der Waals surface area contributed by atoms with Gasteiger partial charge in [-0.3, -0.25) is 0 Å². The van der Waals surface area contributed by atoms with Crippen LogP contribution in [0.4, 0.5) is 0 Å². The summed E-state index contributed by atoms with van der Waals surface area (Å²) in [5.41, 5.74) is 2.83. The van der Waals surface area contributed by atoms with E-state index in [1.165, 1.54) is 11.1 Å². The summed E-state index contributed by atoms with van der Waals surface area (Å²) in [5, 5.41) is 18.4. The van der Waals surface area contributed by atoms with Crippen LogP contribution in [0.3, 0.4) is 0 Å². The Bertz CT molecular complexity index is 632. The second-order valence-corrected chi connectivity index (χ2v) is 6.96. The van der Waals surface area contributed by atoms with Gasteiger partial charge in [0.25, 0.3) is 0 Å².